The van der Waals surface area contributed by atoms with Gasteiger partial charge in [0.25, 0.3) is 0 Å². The van der Waals surface area contributed by atoms with Crippen molar-refractivity contribution in [1.29, 1.82) is 0 Å². The molecular weight excluding hydrogens is 233 g/mol. The number of alkyl halides is 3. The van der Waals surface area contributed by atoms with Gasteiger partial charge in [0, 0.05) is 18.7 Å². The molecule has 0 aliphatic carbocycles. The molecule has 2 aromatic rings. The van der Waals surface area contributed by atoms with E-state index in [1.807, 2.05) is 0 Å². The minimum Gasteiger partial charge on any atom is -0.493 e. The maximum Gasteiger partial charge on any atom is 0.416 e. The highest BCUT2D eigenvalue weighted by Gasteiger charge is 2.30. The van der Waals surface area contributed by atoms with Crippen LogP contribution in [-0.2, 0) is 13.2 Å². The number of aryl methyl sites for hydroxylation is 1. The number of halogens is 3. The van der Waals surface area contributed by atoms with Crippen molar-refractivity contribution < 1.29 is 18.3 Å². The van der Waals surface area contributed by atoms with Crippen LogP contribution >= 0.6 is 0 Å². The molecule has 17 heavy (non-hydrogen) atoms. The molecule has 0 radical (unpaired) electrons. The van der Waals surface area contributed by atoms with Gasteiger partial charge in [-0.25, -0.2) is 4.68 Å². The Hall–Kier alpha value is -1.98. The predicted octanol–water partition coefficient (Wildman–Crippen LogP) is 2.81. The van der Waals surface area contributed by atoms with E-state index in [0.717, 1.165) is 12.1 Å². The smallest absolute Gasteiger partial charge is 0.416 e. The van der Waals surface area contributed by atoms with Crippen LogP contribution in [0.3, 0.4) is 0 Å². The Labute approximate surface area is 95.1 Å². The van der Waals surface area contributed by atoms with E-state index in [4.69, 9.17) is 0 Å². The van der Waals surface area contributed by atoms with E-state index < -0.39 is 11.7 Å². The SMILES string of the molecule is Cn1nc(-c2cccc(C(F)(F)F)c2)cc1O. The molecule has 1 heterocycles. The third-order valence-electron chi connectivity index (χ3n) is 2.34. The number of aromatic nitrogens is 2. The highest BCUT2D eigenvalue weighted by Crippen LogP contribution is 2.32. The average Bonchev–Trinajstić information content (AvgIpc) is 2.58. The summed E-state index contributed by atoms with van der Waals surface area (Å²) in [6.07, 6.45) is -4.38. The highest BCUT2D eigenvalue weighted by atomic mass is 19.4. The van der Waals surface area contributed by atoms with E-state index in [1.54, 1.807) is 0 Å². The summed E-state index contributed by atoms with van der Waals surface area (Å²) in [5.74, 6) is -0.0996. The van der Waals surface area contributed by atoms with Gasteiger partial charge in [-0.15, -0.1) is 0 Å². The third kappa shape index (κ3) is 2.25. The van der Waals surface area contributed by atoms with E-state index in [-0.39, 0.29) is 5.88 Å². The molecule has 0 saturated heterocycles. The zero-order valence-corrected chi connectivity index (χ0v) is 8.86. The summed E-state index contributed by atoms with van der Waals surface area (Å²) in [4.78, 5) is 0. The lowest BCUT2D eigenvalue weighted by atomic mass is 10.1. The van der Waals surface area contributed by atoms with Gasteiger partial charge < -0.3 is 5.11 Å². The first-order chi connectivity index (χ1) is 7.88. The van der Waals surface area contributed by atoms with Crippen molar-refractivity contribution in [2.24, 2.45) is 7.05 Å². The van der Waals surface area contributed by atoms with Gasteiger partial charge in [0.2, 0.25) is 5.88 Å². The lowest BCUT2D eigenvalue weighted by Gasteiger charge is -2.07. The number of rotatable bonds is 1. The minimum absolute atomic E-state index is 0.0996. The summed E-state index contributed by atoms with van der Waals surface area (Å²) in [5.41, 5.74) is -0.119. The molecule has 0 aliphatic rings. The van der Waals surface area contributed by atoms with Crippen LogP contribution in [0.1, 0.15) is 5.56 Å². The molecular formula is C11H9F3N2O. The van der Waals surface area contributed by atoms with E-state index >= 15 is 0 Å². The number of benzene rings is 1. The molecule has 3 nitrogen and oxygen atoms in total. The van der Waals surface area contributed by atoms with Crippen LogP contribution < -0.4 is 0 Å². The highest BCUT2D eigenvalue weighted by molar-refractivity contribution is 5.61. The summed E-state index contributed by atoms with van der Waals surface area (Å²) in [7, 11) is 1.51. The number of hydrogen-bond donors (Lipinski definition) is 1. The first kappa shape index (κ1) is 11.5. The molecule has 6 heteroatoms. The number of nitrogens with zero attached hydrogens (tertiary/aromatic N) is 2. The summed E-state index contributed by atoms with van der Waals surface area (Å²) in [6, 6.07) is 6.13. The van der Waals surface area contributed by atoms with Crippen LogP contribution in [0, 0.1) is 0 Å². The Balaban J connectivity index is 2.47. The molecule has 1 N–H and O–H groups in total. The second kappa shape index (κ2) is 3.80. The van der Waals surface area contributed by atoms with E-state index in [1.165, 1.54) is 29.9 Å². The van der Waals surface area contributed by atoms with Gasteiger partial charge in [-0.2, -0.15) is 18.3 Å². The van der Waals surface area contributed by atoms with Crippen LogP contribution in [0.25, 0.3) is 11.3 Å². The topological polar surface area (TPSA) is 38.0 Å². The zero-order valence-electron chi connectivity index (χ0n) is 8.86. The molecule has 2 rings (SSSR count). The predicted molar refractivity (Wildman–Crippen MR) is 55.3 cm³/mol. The van der Waals surface area contributed by atoms with Gasteiger partial charge in [0.05, 0.1) is 11.3 Å². The molecule has 0 saturated carbocycles. The van der Waals surface area contributed by atoms with Crippen LogP contribution in [0.15, 0.2) is 30.3 Å². The largest absolute Gasteiger partial charge is 0.493 e. The number of hydrogen-bond acceptors (Lipinski definition) is 2. The Morgan fingerprint density at radius 1 is 1.24 bits per heavy atom. The van der Waals surface area contributed by atoms with Gasteiger partial charge in [-0.3, -0.25) is 0 Å². The van der Waals surface area contributed by atoms with Crippen molar-refractivity contribution in [3.63, 3.8) is 0 Å². The van der Waals surface area contributed by atoms with Crippen molar-refractivity contribution in [2.45, 2.75) is 6.18 Å². The van der Waals surface area contributed by atoms with E-state index in [0.29, 0.717) is 11.3 Å². The van der Waals surface area contributed by atoms with Crippen molar-refractivity contribution >= 4 is 0 Å². The average molecular weight is 242 g/mol. The van der Waals surface area contributed by atoms with Crippen molar-refractivity contribution in [2.75, 3.05) is 0 Å². The fraction of sp³-hybridized carbons (Fsp3) is 0.182. The summed E-state index contributed by atoms with van der Waals surface area (Å²) in [5, 5.41) is 13.2. The molecule has 0 spiro atoms. The maximum absolute atomic E-state index is 12.5. The molecule has 0 bridgehead atoms. The van der Waals surface area contributed by atoms with Crippen LogP contribution in [0.2, 0.25) is 0 Å². The summed E-state index contributed by atoms with van der Waals surface area (Å²) in [6.45, 7) is 0. The van der Waals surface area contributed by atoms with Crippen molar-refractivity contribution in [3.8, 4) is 17.1 Å². The van der Waals surface area contributed by atoms with Gasteiger partial charge in [-0.05, 0) is 12.1 Å². The summed E-state index contributed by atoms with van der Waals surface area (Å²) >= 11 is 0. The molecule has 90 valence electrons. The second-order valence-electron chi connectivity index (χ2n) is 3.59. The maximum atomic E-state index is 12.5. The third-order valence-corrected chi connectivity index (χ3v) is 2.34. The van der Waals surface area contributed by atoms with Gasteiger partial charge in [-0.1, -0.05) is 12.1 Å². The minimum atomic E-state index is -4.38. The standard InChI is InChI=1S/C11H9F3N2O/c1-16-10(17)6-9(15-16)7-3-2-4-8(5-7)11(12,13)14/h2-6,17H,1H3. The fourth-order valence-electron chi connectivity index (χ4n) is 1.45. The van der Waals surface area contributed by atoms with Crippen LogP contribution in [0.5, 0.6) is 5.88 Å². The van der Waals surface area contributed by atoms with Gasteiger partial charge >= 0.3 is 6.18 Å². The van der Waals surface area contributed by atoms with Crippen LogP contribution in [0.4, 0.5) is 13.2 Å². The first-order valence-corrected chi connectivity index (χ1v) is 4.78. The molecule has 0 unspecified atom stereocenters. The lowest BCUT2D eigenvalue weighted by Crippen LogP contribution is -2.04. The quantitative estimate of drug-likeness (QED) is 0.835. The lowest BCUT2D eigenvalue weighted by molar-refractivity contribution is -0.137. The molecule has 0 atom stereocenters. The van der Waals surface area contributed by atoms with E-state index in [2.05, 4.69) is 5.10 Å². The molecule has 0 aliphatic heterocycles. The number of aromatic hydroxyl groups is 1. The fourth-order valence-corrected chi connectivity index (χ4v) is 1.45. The van der Waals surface area contributed by atoms with Crippen LogP contribution in [-0.4, -0.2) is 14.9 Å². The Morgan fingerprint density at radius 2 is 1.94 bits per heavy atom. The molecule has 1 aromatic heterocycles. The molecule has 1 aromatic carbocycles. The summed E-state index contributed by atoms with van der Waals surface area (Å²) < 4.78 is 38.7. The zero-order chi connectivity index (χ0) is 12.6. The Kier molecular flexibility index (Phi) is 2.57. The first-order valence-electron chi connectivity index (χ1n) is 4.78. The van der Waals surface area contributed by atoms with E-state index in [9.17, 15) is 18.3 Å². The molecule has 0 amide bonds. The Bertz CT molecular complexity index is 526. The monoisotopic (exact) mass is 242 g/mol. The van der Waals surface area contributed by atoms with Crippen molar-refractivity contribution in [3.05, 3.63) is 35.9 Å². The Morgan fingerprint density at radius 3 is 2.47 bits per heavy atom. The molecule has 0 fully saturated rings. The van der Waals surface area contributed by atoms with Gasteiger partial charge in [0.1, 0.15) is 0 Å². The van der Waals surface area contributed by atoms with Gasteiger partial charge in [0.15, 0.2) is 0 Å². The van der Waals surface area contributed by atoms with Crippen molar-refractivity contribution in [1.82, 2.24) is 9.78 Å². The second-order valence-corrected chi connectivity index (χ2v) is 3.59. The normalized spacial score (nSPS) is 11.8.